The van der Waals surface area contributed by atoms with Crippen LogP contribution in [0.5, 0.6) is 0 Å². The first kappa shape index (κ1) is 18.8. The van der Waals surface area contributed by atoms with E-state index in [1.807, 2.05) is 30.3 Å². The van der Waals surface area contributed by atoms with E-state index in [9.17, 15) is 22.8 Å². The van der Waals surface area contributed by atoms with Crippen LogP contribution < -0.4 is 15.5 Å². The number of halogens is 3. The number of urea groups is 1. The van der Waals surface area contributed by atoms with Crippen molar-refractivity contribution in [1.29, 1.82) is 0 Å². The summed E-state index contributed by atoms with van der Waals surface area (Å²) in [6, 6.07) is 13.0. The average Bonchev–Trinajstić information content (AvgIpc) is 3.01. The number of anilines is 2. The summed E-state index contributed by atoms with van der Waals surface area (Å²) < 4.78 is 38.1. The second-order valence-corrected chi connectivity index (χ2v) is 6.32. The Hall–Kier alpha value is -3.03. The summed E-state index contributed by atoms with van der Waals surface area (Å²) in [5.74, 6) is -0.0868. The van der Waals surface area contributed by atoms with E-state index < -0.39 is 17.8 Å². The molecule has 0 saturated carbocycles. The van der Waals surface area contributed by atoms with Crippen molar-refractivity contribution in [3.8, 4) is 0 Å². The zero-order valence-corrected chi connectivity index (χ0v) is 14.3. The highest BCUT2D eigenvalue weighted by Crippen LogP contribution is 2.30. The van der Waals surface area contributed by atoms with Crippen LogP contribution in [0.4, 0.5) is 29.3 Å². The Morgan fingerprint density at radius 2 is 1.85 bits per heavy atom. The zero-order valence-electron chi connectivity index (χ0n) is 14.3. The lowest BCUT2D eigenvalue weighted by atomic mass is 10.1. The molecule has 3 amide bonds. The molecule has 0 spiro atoms. The smallest absolute Gasteiger partial charge is 0.338 e. The highest BCUT2D eigenvalue weighted by Gasteiger charge is 2.31. The maximum absolute atomic E-state index is 12.7. The molecule has 1 fully saturated rings. The highest BCUT2D eigenvalue weighted by molar-refractivity contribution is 5.96. The van der Waals surface area contributed by atoms with E-state index in [4.69, 9.17) is 0 Å². The number of hydrogen-bond acceptors (Lipinski definition) is 2. The number of hydrogen-bond donors (Lipinski definition) is 2. The molecule has 5 nitrogen and oxygen atoms in total. The molecule has 1 unspecified atom stereocenters. The van der Waals surface area contributed by atoms with Crippen LogP contribution in [0.3, 0.4) is 0 Å². The SMILES string of the molecule is O=C(NCC1CC(=O)N(c2ccccc2)C1)Nc1cccc(C(F)(F)F)c1. The van der Waals surface area contributed by atoms with Crippen LogP contribution in [0.15, 0.2) is 54.6 Å². The van der Waals surface area contributed by atoms with Crippen molar-refractivity contribution in [2.24, 2.45) is 5.92 Å². The predicted molar refractivity (Wildman–Crippen MR) is 95.4 cm³/mol. The molecular formula is C19H18F3N3O2. The van der Waals surface area contributed by atoms with Crippen LogP contribution in [0.1, 0.15) is 12.0 Å². The number of para-hydroxylation sites is 1. The normalized spacial score (nSPS) is 17.1. The third-order valence-corrected chi connectivity index (χ3v) is 4.27. The van der Waals surface area contributed by atoms with Gasteiger partial charge in [0.05, 0.1) is 5.56 Å². The number of nitrogens with zero attached hydrogens (tertiary/aromatic N) is 1. The highest BCUT2D eigenvalue weighted by atomic mass is 19.4. The molecule has 1 heterocycles. The fourth-order valence-electron chi connectivity index (χ4n) is 2.96. The van der Waals surface area contributed by atoms with Crippen LogP contribution in [0.2, 0.25) is 0 Å². The number of alkyl halides is 3. The van der Waals surface area contributed by atoms with Crippen molar-refractivity contribution in [1.82, 2.24) is 5.32 Å². The van der Waals surface area contributed by atoms with Crippen molar-refractivity contribution >= 4 is 23.3 Å². The Labute approximate surface area is 154 Å². The van der Waals surface area contributed by atoms with Gasteiger partial charge in [0.2, 0.25) is 5.91 Å². The number of benzene rings is 2. The van der Waals surface area contributed by atoms with Gasteiger partial charge in [-0.3, -0.25) is 4.79 Å². The van der Waals surface area contributed by atoms with Gasteiger partial charge in [-0.2, -0.15) is 13.2 Å². The molecule has 1 aliphatic rings. The Morgan fingerprint density at radius 3 is 2.56 bits per heavy atom. The fraction of sp³-hybridized carbons (Fsp3) is 0.263. The average molecular weight is 377 g/mol. The van der Waals surface area contributed by atoms with E-state index in [1.54, 1.807) is 4.90 Å². The van der Waals surface area contributed by atoms with Crippen molar-refractivity contribution in [3.05, 3.63) is 60.2 Å². The first-order valence-electron chi connectivity index (χ1n) is 8.40. The minimum Gasteiger partial charge on any atom is -0.338 e. The van der Waals surface area contributed by atoms with Crippen LogP contribution >= 0.6 is 0 Å². The first-order valence-corrected chi connectivity index (χ1v) is 8.40. The Balaban J connectivity index is 1.52. The molecule has 2 aromatic rings. The Bertz CT molecular complexity index is 824. The topological polar surface area (TPSA) is 61.4 Å². The summed E-state index contributed by atoms with van der Waals surface area (Å²) in [7, 11) is 0. The molecule has 0 bridgehead atoms. The second kappa shape index (κ2) is 7.69. The van der Waals surface area contributed by atoms with E-state index >= 15 is 0 Å². The Morgan fingerprint density at radius 1 is 1.11 bits per heavy atom. The summed E-state index contributed by atoms with van der Waals surface area (Å²) in [5.41, 5.74) is 0.0225. The van der Waals surface area contributed by atoms with Crippen molar-refractivity contribution in [2.75, 3.05) is 23.3 Å². The lowest BCUT2D eigenvalue weighted by Gasteiger charge is -2.17. The maximum Gasteiger partial charge on any atom is 0.416 e. The predicted octanol–water partition coefficient (Wildman–Crippen LogP) is 3.88. The maximum atomic E-state index is 12.7. The number of amides is 3. The van der Waals surface area contributed by atoms with Crippen LogP contribution in [0.25, 0.3) is 0 Å². The van der Waals surface area contributed by atoms with Gasteiger partial charge in [0, 0.05) is 36.8 Å². The van der Waals surface area contributed by atoms with E-state index in [2.05, 4.69) is 10.6 Å². The van der Waals surface area contributed by atoms with E-state index in [1.165, 1.54) is 12.1 Å². The molecule has 0 aliphatic carbocycles. The number of carbonyl (C=O) groups is 2. The molecule has 8 heteroatoms. The van der Waals surface area contributed by atoms with Gasteiger partial charge in [0.15, 0.2) is 0 Å². The first-order chi connectivity index (χ1) is 12.8. The summed E-state index contributed by atoms with van der Waals surface area (Å²) in [5, 5.41) is 5.00. The van der Waals surface area contributed by atoms with Gasteiger partial charge in [-0.1, -0.05) is 24.3 Å². The van der Waals surface area contributed by atoms with Gasteiger partial charge in [-0.25, -0.2) is 4.79 Å². The molecule has 2 N–H and O–H groups in total. The lowest BCUT2D eigenvalue weighted by molar-refractivity contribution is -0.137. The fourth-order valence-corrected chi connectivity index (χ4v) is 2.96. The van der Waals surface area contributed by atoms with Crippen LogP contribution in [-0.2, 0) is 11.0 Å². The molecule has 0 radical (unpaired) electrons. The number of nitrogens with one attached hydrogen (secondary N) is 2. The molecule has 2 aromatic carbocycles. The standard InChI is InChI=1S/C19H18F3N3O2/c20-19(21,22)14-5-4-6-15(10-14)24-18(27)23-11-13-9-17(26)25(12-13)16-7-2-1-3-8-16/h1-8,10,13H,9,11-12H2,(H2,23,24,27). The Kier molecular flexibility index (Phi) is 5.34. The van der Waals surface area contributed by atoms with Crippen molar-refractivity contribution in [3.63, 3.8) is 0 Å². The summed E-state index contributed by atoms with van der Waals surface area (Å²) in [6.45, 7) is 0.729. The molecule has 142 valence electrons. The largest absolute Gasteiger partial charge is 0.416 e. The van der Waals surface area contributed by atoms with E-state index in [0.29, 0.717) is 13.0 Å². The van der Waals surface area contributed by atoms with Gasteiger partial charge in [-0.05, 0) is 30.3 Å². The van der Waals surface area contributed by atoms with E-state index in [-0.39, 0.29) is 24.1 Å². The monoisotopic (exact) mass is 377 g/mol. The van der Waals surface area contributed by atoms with Gasteiger partial charge in [0.25, 0.3) is 0 Å². The minimum atomic E-state index is -4.47. The molecule has 1 atom stereocenters. The van der Waals surface area contributed by atoms with Crippen molar-refractivity contribution in [2.45, 2.75) is 12.6 Å². The summed E-state index contributed by atoms with van der Waals surface area (Å²) >= 11 is 0. The molecule has 3 rings (SSSR count). The summed E-state index contributed by atoms with van der Waals surface area (Å²) in [4.78, 5) is 25.8. The number of carbonyl (C=O) groups excluding carboxylic acids is 2. The minimum absolute atomic E-state index is 0.0220. The van der Waals surface area contributed by atoms with Gasteiger partial charge in [0.1, 0.15) is 0 Å². The molecule has 27 heavy (non-hydrogen) atoms. The molecule has 0 aromatic heterocycles. The molecule has 1 aliphatic heterocycles. The van der Waals surface area contributed by atoms with Crippen LogP contribution in [0, 0.1) is 5.92 Å². The quantitative estimate of drug-likeness (QED) is 0.850. The lowest BCUT2D eigenvalue weighted by Crippen LogP contribution is -2.34. The van der Waals surface area contributed by atoms with Crippen LogP contribution in [-0.4, -0.2) is 25.0 Å². The number of rotatable bonds is 4. The second-order valence-electron chi connectivity index (χ2n) is 6.32. The van der Waals surface area contributed by atoms with Gasteiger partial charge >= 0.3 is 12.2 Å². The third kappa shape index (κ3) is 4.78. The van der Waals surface area contributed by atoms with E-state index in [0.717, 1.165) is 17.8 Å². The molecular weight excluding hydrogens is 359 g/mol. The van der Waals surface area contributed by atoms with Gasteiger partial charge in [-0.15, -0.1) is 0 Å². The molecule has 1 saturated heterocycles. The summed E-state index contributed by atoms with van der Waals surface area (Å²) in [6.07, 6.45) is -4.17. The van der Waals surface area contributed by atoms with Crippen molar-refractivity contribution < 1.29 is 22.8 Å². The third-order valence-electron chi connectivity index (χ3n) is 4.27. The zero-order chi connectivity index (χ0) is 19.4. The van der Waals surface area contributed by atoms with Gasteiger partial charge < -0.3 is 15.5 Å².